The number of esters is 1. The molecule has 130 valence electrons. The van der Waals surface area contributed by atoms with E-state index in [-0.39, 0.29) is 12.1 Å². The van der Waals surface area contributed by atoms with Crippen molar-refractivity contribution < 1.29 is 13.9 Å². The van der Waals surface area contributed by atoms with E-state index < -0.39 is 5.97 Å². The minimum atomic E-state index is -0.463. The van der Waals surface area contributed by atoms with E-state index in [9.17, 15) is 9.59 Å². The fourth-order valence-electron chi connectivity index (χ4n) is 2.98. The van der Waals surface area contributed by atoms with Gasteiger partial charge in [-0.25, -0.2) is 9.78 Å². The highest BCUT2D eigenvalue weighted by Crippen LogP contribution is 2.26. The van der Waals surface area contributed by atoms with Crippen molar-refractivity contribution in [3.8, 4) is 0 Å². The number of hydrogen-bond donors (Lipinski definition) is 0. The van der Waals surface area contributed by atoms with Gasteiger partial charge in [0, 0.05) is 17.8 Å². The summed E-state index contributed by atoms with van der Waals surface area (Å²) in [6.45, 7) is 2.09. The molecule has 0 saturated carbocycles. The van der Waals surface area contributed by atoms with Crippen LogP contribution in [0.5, 0.6) is 0 Å². The van der Waals surface area contributed by atoms with Gasteiger partial charge in [0.05, 0.1) is 30.9 Å². The van der Waals surface area contributed by atoms with E-state index in [1.807, 2.05) is 19.1 Å². The lowest BCUT2D eigenvalue weighted by Gasteiger charge is -2.04. The SMILES string of the molecule is COC(=O)c1cc(C)cc2cc(Cn3cnc4ccncc4c3=O)oc12. The van der Waals surface area contributed by atoms with Gasteiger partial charge in [0.1, 0.15) is 16.9 Å². The van der Waals surface area contributed by atoms with Crippen LogP contribution in [0.2, 0.25) is 0 Å². The molecule has 3 heterocycles. The standard InChI is InChI=1S/C19H15N3O4/c1-11-5-12-7-13(26-17(12)14(6-11)19(24)25-2)9-22-10-21-16-3-4-20-8-15(16)18(22)23/h3-8,10H,9H2,1-2H3. The lowest BCUT2D eigenvalue weighted by atomic mass is 10.1. The number of ether oxygens (including phenoxy) is 1. The fraction of sp³-hybridized carbons (Fsp3) is 0.158. The van der Waals surface area contributed by atoms with Crippen LogP contribution in [0.3, 0.4) is 0 Å². The molecule has 7 nitrogen and oxygen atoms in total. The van der Waals surface area contributed by atoms with Crippen molar-refractivity contribution in [2.24, 2.45) is 0 Å². The first-order valence-electron chi connectivity index (χ1n) is 7.97. The summed E-state index contributed by atoms with van der Waals surface area (Å²) in [5.41, 5.74) is 2.12. The number of nitrogens with zero attached hydrogens (tertiary/aromatic N) is 3. The Kier molecular flexibility index (Phi) is 3.76. The van der Waals surface area contributed by atoms with E-state index in [1.54, 1.807) is 18.3 Å². The van der Waals surface area contributed by atoms with E-state index in [1.165, 1.54) is 24.2 Å². The lowest BCUT2D eigenvalue weighted by Crippen LogP contribution is -2.21. The van der Waals surface area contributed by atoms with E-state index in [0.717, 1.165) is 10.9 Å². The van der Waals surface area contributed by atoms with E-state index in [4.69, 9.17) is 9.15 Å². The van der Waals surface area contributed by atoms with Crippen molar-refractivity contribution >= 4 is 27.8 Å². The summed E-state index contributed by atoms with van der Waals surface area (Å²) >= 11 is 0. The predicted octanol–water partition coefficient (Wildman–Crippen LogP) is 2.68. The quantitative estimate of drug-likeness (QED) is 0.529. The number of fused-ring (bicyclic) bond motifs is 2. The molecule has 0 aliphatic carbocycles. The van der Waals surface area contributed by atoms with Crippen LogP contribution in [0.15, 0.2) is 52.2 Å². The maximum Gasteiger partial charge on any atom is 0.341 e. The highest BCUT2D eigenvalue weighted by Gasteiger charge is 2.16. The largest absolute Gasteiger partial charge is 0.465 e. The molecular weight excluding hydrogens is 334 g/mol. The Balaban J connectivity index is 1.80. The molecule has 4 rings (SSSR count). The maximum absolute atomic E-state index is 12.6. The van der Waals surface area contributed by atoms with Crippen LogP contribution in [0.25, 0.3) is 21.9 Å². The number of methoxy groups -OCH3 is 1. The summed E-state index contributed by atoms with van der Waals surface area (Å²) in [7, 11) is 1.33. The normalized spacial score (nSPS) is 11.2. The second-order valence-electron chi connectivity index (χ2n) is 6.01. The van der Waals surface area contributed by atoms with Crippen LogP contribution < -0.4 is 5.56 Å². The van der Waals surface area contributed by atoms with Crippen LogP contribution >= 0.6 is 0 Å². The zero-order valence-corrected chi connectivity index (χ0v) is 14.2. The molecule has 4 aromatic rings. The monoisotopic (exact) mass is 349 g/mol. The molecule has 3 aromatic heterocycles. The fourth-order valence-corrected chi connectivity index (χ4v) is 2.98. The minimum Gasteiger partial charge on any atom is -0.465 e. The predicted molar refractivity (Wildman–Crippen MR) is 95.2 cm³/mol. The van der Waals surface area contributed by atoms with E-state index >= 15 is 0 Å². The van der Waals surface area contributed by atoms with Crippen LogP contribution in [-0.2, 0) is 11.3 Å². The highest BCUT2D eigenvalue weighted by molar-refractivity contribution is 6.02. The Labute approximate surface area is 147 Å². The topological polar surface area (TPSA) is 87.2 Å². The van der Waals surface area contributed by atoms with Crippen molar-refractivity contribution in [2.45, 2.75) is 13.5 Å². The Bertz CT molecular complexity index is 1210. The maximum atomic E-state index is 12.6. The van der Waals surface area contributed by atoms with Gasteiger partial charge >= 0.3 is 5.97 Å². The first kappa shape index (κ1) is 16.0. The number of hydrogen-bond acceptors (Lipinski definition) is 6. The van der Waals surface area contributed by atoms with Gasteiger partial charge in [0.15, 0.2) is 0 Å². The number of aromatic nitrogens is 3. The third-order valence-corrected chi connectivity index (χ3v) is 4.17. The van der Waals surface area contributed by atoms with Crippen LogP contribution in [0.1, 0.15) is 21.7 Å². The van der Waals surface area contributed by atoms with Gasteiger partial charge in [-0.2, -0.15) is 0 Å². The van der Waals surface area contributed by atoms with Gasteiger partial charge in [-0.15, -0.1) is 0 Å². The van der Waals surface area contributed by atoms with Crippen LogP contribution in [0.4, 0.5) is 0 Å². The van der Waals surface area contributed by atoms with Crippen molar-refractivity contribution in [1.29, 1.82) is 0 Å². The molecule has 0 atom stereocenters. The molecule has 0 bridgehead atoms. The molecule has 0 radical (unpaired) electrons. The van der Waals surface area contributed by atoms with Gasteiger partial charge in [0.2, 0.25) is 0 Å². The van der Waals surface area contributed by atoms with Gasteiger partial charge in [-0.05, 0) is 36.8 Å². The summed E-state index contributed by atoms with van der Waals surface area (Å²) in [5, 5.41) is 1.22. The molecule has 26 heavy (non-hydrogen) atoms. The molecule has 1 aromatic carbocycles. The van der Waals surface area contributed by atoms with Gasteiger partial charge in [0.25, 0.3) is 5.56 Å². The Hall–Kier alpha value is -3.48. The molecule has 0 aliphatic rings. The number of pyridine rings is 1. The van der Waals surface area contributed by atoms with Crippen molar-refractivity contribution in [3.05, 3.63) is 70.2 Å². The summed E-state index contributed by atoms with van der Waals surface area (Å²) in [6, 6.07) is 7.14. The summed E-state index contributed by atoms with van der Waals surface area (Å²) in [4.78, 5) is 32.8. The van der Waals surface area contributed by atoms with Crippen molar-refractivity contribution in [3.63, 3.8) is 0 Å². The Morgan fingerprint density at radius 1 is 1.31 bits per heavy atom. The van der Waals surface area contributed by atoms with Crippen molar-refractivity contribution in [2.75, 3.05) is 7.11 Å². The molecule has 7 heteroatoms. The first-order valence-corrected chi connectivity index (χ1v) is 7.97. The molecule has 0 spiro atoms. The molecule has 0 aliphatic heterocycles. The molecule has 0 unspecified atom stereocenters. The van der Waals surface area contributed by atoms with Crippen LogP contribution in [-0.4, -0.2) is 27.6 Å². The number of benzene rings is 1. The number of carbonyl (C=O) groups is 1. The number of carbonyl (C=O) groups excluding carboxylic acids is 1. The molecule has 0 N–H and O–H groups in total. The Morgan fingerprint density at radius 2 is 2.15 bits per heavy atom. The number of aryl methyl sites for hydroxylation is 1. The van der Waals surface area contributed by atoms with E-state index in [0.29, 0.717) is 27.8 Å². The van der Waals surface area contributed by atoms with Gasteiger partial charge in [-0.1, -0.05) is 0 Å². The first-order chi connectivity index (χ1) is 12.6. The van der Waals surface area contributed by atoms with E-state index in [2.05, 4.69) is 9.97 Å². The molecule has 0 saturated heterocycles. The molecular formula is C19H15N3O4. The average Bonchev–Trinajstić information content (AvgIpc) is 3.05. The third kappa shape index (κ3) is 2.63. The zero-order valence-electron chi connectivity index (χ0n) is 14.2. The average molecular weight is 349 g/mol. The lowest BCUT2D eigenvalue weighted by molar-refractivity contribution is 0.0601. The second kappa shape index (κ2) is 6.11. The van der Waals surface area contributed by atoms with Gasteiger partial charge < -0.3 is 9.15 Å². The van der Waals surface area contributed by atoms with Crippen LogP contribution in [0, 0.1) is 6.92 Å². The molecule has 0 fully saturated rings. The third-order valence-electron chi connectivity index (χ3n) is 4.17. The number of furan rings is 1. The highest BCUT2D eigenvalue weighted by atomic mass is 16.5. The molecule has 0 amide bonds. The smallest absolute Gasteiger partial charge is 0.341 e. The second-order valence-corrected chi connectivity index (χ2v) is 6.01. The van der Waals surface area contributed by atoms with Crippen molar-refractivity contribution in [1.82, 2.24) is 14.5 Å². The summed E-state index contributed by atoms with van der Waals surface area (Å²) in [5.74, 6) is 0.0816. The van der Waals surface area contributed by atoms with Gasteiger partial charge in [-0.3, -0.25) is 14.3 Å². The number of rotatable bonds is 3. The summed E-state index contributed by atoms with van der Waals surface area (Å²) in [6.07, 6.45) is 4.57. The summed E-state index contributed by atoms with van der Waals surface area (Å²) < 4.78 is 12.1. The zero-order chi connectivity index (χ0) is 18.3. The Morgan fingerprint density at radius 3 is 2.96 bits per heavy atom. The minimum absolute atomic E-state index is 0.199.